The van der Waals surface area contributed by atoms with Crippen LogP contribution in [-0.2, 0) is 11.3 Å². The van der Waals surface area contributed by atoms with Gasteiger partial charge in [0.25, 0.3) is 0 Å². The van der Waals surface area contributed by atoms with Crippen LogP contribution < -0.4 is 0 Å². The van der Waals surface area contributed by atoms with Gasteiger partial charge in [0, 0.05) is 49.4 Å². The summed E-state index contributed by atoms with van der Waals surface area (Å²) in [6.45, 7) is 5.63. The molecule has 1 fully saturated rings. The summed E-state index contributed by atoms with van der Waals surface area (Å²) in [5.41, 5.74) is 2.23. The number of hydrogen-bond acceptors (Lipinski definition) is 5. The van der Waals surface area contributed by atoms with E-state index in [1.165, 1.54) is 0 Å². The van der Waals surface area contributed by atoms with Crippen molar-refractivity contribution in [2.45, 2.75) is 6.54 Å². The number of ether oxygens (including phenoxy) is 1. The Bertz CT molecular complexity index is 664. The third-order valence-corrected chi connectivity index (χ3v) is 4.21. The van der Waals surface area contributed by atoms with E-state index in [2.05, 4.69) is 38.3 Å². The van der Waals surface area contributed by atoms with Gasteiger partial charge in [0.05, 0.1) is 31.9 Å². The van der Waals surface area contributed by atoms with Crippen molar-refractivity contribution in [1.29, 1.82) is 0 Å². The maximum absolute atomic E-state index is 5.37. The molecule has 0 bridgehead atoms. The van der Waals surface area contributed by atoms with Gasteiger partial charge in [0.1, 0.15) is 5.84 Å². The molecule has 1 aromatic heterocycles. The minimum absolute atomic E-state index is 0.219. The second-order valence-corrected chi connectivity index (χ2v) is 5.68. The number of fused-ring (bicyclic) bond motifs is 1. The fourth-order valence-electron chi connectivity index (χ4n) is 2.88. The Morgan fingerprint density at radius 1 is 1.23 bits per heavy atom. The zero-order valence-electron chi connectivity index (χ0n) is 12.4. The van der Waals surface area contributed by atoms with Gasteiger partial charge >= 0.3 is 0 Å². The number of dihydropyridines is 1. The summed E-state index contributed by atoms with van der Waals surface area (Å²) in [6, 6.07) is 0. The van der Waals surface area contributed by atoms with Crippen molar-refractivity contribution in [3.63, 3.8) is 0 Å². The highest BCUT2D eigenvalue weighted by molar-refractivity contribution is 6.17. The summed E-state index contributed by atoms with van der Waals surface area (Å²) in [6.07, 6.45) is 12.0. The lowest BCUT2D eigenvalue weighted by Crippen LogP contribution is -2.38. The summed E-state index contributed by atoms with van der Waals surface area (Å²) < 4.78 is 7.38. The van der Waals surface area contributed by atoms with E-state index in [-0.39, 0.29) is 5.92 Å². The quantitative estimate of drug-likeness (QED) is 0.840. The number of nitrogens with zero attached hydrogens (tertiary/aromatic N) is 5. The lowest BCUT2D eigenvalue weighted by molar-refractivity contribution is 0.0360. The monoisotopic (exact) mass is 297 g/mol. The Morgan fingerprint density at radius 3 is 3.05 bits per heavy atom. The zero-order valence-corrected chi connectivity index (χ0v) is 12.4. The molecule has 6 nitrogen and oxygen atoms in total. The maximum atomic E-state index is 5.37. The van der Waals surface area contributed by atoms with Crippen molar-refractivity contribution in [3.05, 3.63) is 36.3 Å². The molecule has 0 saturated carbocycles. The molecule has 114 valence electrons. The summed E-state index contributed by atoms with van der Waals surface area (Å²) in [5.74, 6) is 1.10. The van der Waals surface area contributed by atoms with Crippen LogP contribution in [0.3, 0.4) is 0 Å². The molecule has 6 heteroatoms. The van der Waals surface area contributed by atoms with Gasteiger partial charge in [-0.3, -0.25) is 9.58 Å². The molecule has 0 radical (unpaired) electrons. The number of allylic oxidation sites excluding steroid dienone is 1. The summed E-state index contributed by atoms with van der Waals surface area (Å²) >= 11 is 0. The number of morpholine rings is 1. The van der Waals surface area contributed by atoms with E-state index in [0.717, 1.165) is 56.4 Å². The SMILES string of the molecule is C1=CC2C=C(c3cnn(CCN4CCOCC4)c3)C=NC2=N1. The molecule has 1 saturated heterocycles. The third kappa shape index (κ3) is 2.80. The van der Waals surface area contributed by atoms with Crippen molar-refractivity contribution in [2.75, 3.05) is 32.8 Å². The molecule has 0 aromatic carbocycles. The molecule has 4 rings (SSSR count). The highest BCUT2D eigenvalue weighted by atomic mass is 16.5. The van der Waals surface area contributed by atoms with Crippen LogP contribution in [-0.4, -0.2) is 59.6 Å². The zero-order chi connectivity index (χ0) is 14.8. The number of aromatic nitrogens is 2. The molecular weight excluding hydrogens is 278 g/mol. The summed E-state index contributed by atoms with van der Waals surface area (Å²) in [4.78, 5) is 11.1. The molecule has 1 atom stereocenters. The van der Waals surface area contributed by atoms with E-state index in [4.69, 9.17) is 4.74 Å². The Balaban J connectivity index is 1.40. The molecule has 1 aromatic rings. The second kappa shape index (κ2) is 5.98. The summed E-state index contributed by atoms with van der Waals surface area (Å²) in [7, 11) is 0. The normalized spacial score (nSPS) is 24.3. The highest BCUT2D eigenvalue weighted by Gasteiger charge is 2.19. The lowest BCUT2D eigenvalue weighted by atomic mass is 10.00. The van der Waals surface area contributed by atoms with Gasteiger partial charge in [0.15, 0.2) is 0 Å². The van der Waals surface area contributed by atoms with E-state index < -0.39 is 0 Å². The van der Waals surface area contributed by atoms with Crippen molar-refractivity contribution in [3.8, 4) is 0 Å². The first kappa shape index (κ1) is 13.6. The number of rotatable bonds is 4. The first-order valence-corrected chi connectivity index (χ1v) is 7.72. The van der Waals surface area contributed by atoms with Gasteiger partial charge in [-0.1, -0.05) is 12.2 Å². The number of hydrogen-bond donors (Lipinski definition) is 0. The second-order valence-electron chi connectivity index (χ2n) is 5.68. The average molecular weight is 297 g/mol. The van der Waals surface area contributed by atoms with Gasteiger partial charge in [-0.05, 0) is 0 Å². The molecule has 22 heavy (non-hydrogen) atoms. The molecule has 0 N–H and O–H groups in total. The van der Waals surface area contributed by atoms with Crippen LogP contribution in [0.2, 0.25) is 0 Å². The molecule has 3 aliphatic rings. The Hall–Kier alpha value is -2.05. The summed E-state index contributed by atoms with van der Waals surface area (Å²) in [5, 5.41) is 4.47. The van der Waals surface area contributed by atoms with Crippen molar-refractivity contribution >= 4 is 17.6 Å². The smallest absolute Gasteiger partial charge is 0.138 e. The van der Waals surface area contributed by atoms with Gasteiger partial charge in [-0.15, -0.1) is 0 Å². The number of amidine groups is 1. The van der Waals surface area contributed by atoms with Crippen LogP contribution >= 0.6 is 0 Å². The van der Waals surface area contributed by atoms with Gasteiger partial charge in [-0.25, -0.2) is 9.98 Å². The van der Waals surface area contributed by atoms with E-state index in [1.807, 2.05) is 23.3 Å². The lowest BCUT2D eigenvalue weighted by Gasteiger charge is -2.26. The first-order valence-electron chi connectivity index (χ1n) is 7.72. The predicted molar refractivity (Wildman–Crippen MR) is 86.0 cm³/mol. The fraction of sp³-hybridized carbons (Fsp3) is 0.438. The fourth-order valence-corrected chi connectivity index (χ4v) is 2.88. The maximum Gasteiger partial charge on any atom is 0.138 e. The Morgan fingerprint density at radius 2 is 2.14 bits per heavy atom. The molecule has 4 heterocycles. The topological polar surface area (TPSA) is 55.0 Å². The van der Waals surface area contributed by atoms with E-state index >= 15 is 0 Å². The Kier molecular flexibility index (Phi) is 3.70. The third-order valence-electron chi connectivity index (χ3n) is 4.21. The molecule has 0 amide bonds. The first-order chi connectivity index (χ1) is 10.9. The van der Waals surface area contributed by atoms with Crippen LogP contribution in [0.1, 0.15) is 5.56 Å². The van der Waals surface area contributed by atoms with Gasteiger partial charge in [0.2, 0.25) is 0 Å². The molecule has 0 spiro atoms. The molecule has 3 aliphatic heterocycles. The van der Waals surface area contributed by atoms with E-state index in [9.17, 15) is 0 Å². The minimum atomic E-state index is 0.219. The van der Waals surface area contributed by atoms with Crippen molar-refractivity contribution in [2.24, 2.45) is 15.9 Å². The minimum Gasteiger partial charge on any atom is -0.379 e. The predicted octanol–water partition coefficient (Wildman–Crippen LogP) is 1.23. The van der Waals surface area contributed by atoms with E-state index in [0.29, 0.717) is 0 Å². The van der Waals surface area contributed by atoms with Crippen LogP contribution in [0.5, 0.6) is 0 Å². The molecule has 0 aliphatic carbocycles. The van der Waals surface area contributed by atoms with Crippen LogP contribution in [0, 0.1) is 5.92 Å². The average Bonchev–Trinajstić information content (AvgIpc) is 3.22. The molecular formula is C16H19N5O. The Labute approximate surface area is 129 Å². The van der Waals surface area contributed by atoms with Gasteiger partial charge in [-0.2, -0.15) is 5.10 Å². The van der Waals surface area contributed by atoms with Crippen LogP contribution in [0.25, 0.3) is 5.57 Å². The largest absolute Gasteiger partial charge is 0.379 e. The van der Waals surface area contributed by atoms with Crippen molar-refractivity contribution in [1.82, 2.24) is 14.7 Å². The van der Waals surface area contributed by atoms with E-state index in [1.54, 1.807) is 0 Å². The van der Waals surface area contributed by atoms with Crippen LogP contribution in [0.4, 0.5) is 0 Å². The van der Waals surface area contributed by atoms with Crippen molar-refractivity contribution < 1.29 is 4.74 Å². The molecule has 1 unspecified atom stereocenters. The van der Waals surface area contributed by atoms with Crippen LogP contribution in [0.15, 0.2) is 40.7 Å². The standard InChI is InChI=1S/C16H19N5O/c1-2-17-16-13(1)9-14(10-18-16)15-11-19-21(12-15)4-3-20-5-7-22-8-6-20/h1-2,9-13H,3-8H2. The van der Waals surface area contributed by atoms with Gasteiger partial charge < -0.3 is 4.74 Å². The highest BCUT2D eigenvalue weighted by Crippen LogP contribution is 2.23. The number of aliphatic imine (C=N–C) groups is 2.